The van der Waals surface area contributed by atoms with Gasteiger partial charge in [-0.05, 0) is 6.92 Å². The van der Waals surface area contributed by atoms with Gasteiger partial charge < -0.3 is 9.52 Å². The molecule has 0 spiro atoms. The highest BCUT2D eigenvalue weighted by molar-refractivity contribution is 5.86. The van der Waals surface area contributed by atoms with Gasteiger partial charge in [0.1, 0.15) is 0 Å². The first-order valence-corrected chi connectivity index (χ1v) is 5.02. The molecule has 1 N–H and O–H groups in total. The Balaban J connectivity index is 2.61. The zero-order chi connectivity index (χ0) is 14.4. The van der Waals surface area contributed by atoms with Gasteiger partial charge in [-0.3, -0.25) is 4.68 Å². The van der Waals surface area contributed by atoms with Crippen LogP contribution in [0, 0.1) is 6.92 Å². The van der Waals surface area contributed by atoms with Gasteiger partial charge in [-0.15, -0.1) is 0 Å². The summed E-state index contributed by atoms with van der Waals surface area (Å²) in [5.41, 5.74) is -0.965. The molecule has 2 rings (SSSR count). The smallest absolute Gasteiger partial charge is 0.437 e. The molecule has 0 aliphatic carbocycles. The molecule has 0 saturated heterocycles. The predicted octanol–water partition coefficient (Wildman–Crippen LogP) is 2.10. The summed E-state index contributed by atoms with van der Waals surface area (Å²) < 4.78 is 44.0. The molecule has 9 heteroatoms. The van der Waals surface area contributed by atoms with Crippen molar-refractivity contribution in [3.8, 4) is 11.5 Å². The van der Waals surface area contributed by atoms with Crippen LogP contribution in [0.1, 0.15) is 21.9 Å². The zero-order valence-electron chi connectivity index (χ0n) is 9.82. The summed E-state index contributed by atoms with van der Waals surface area (Å²) in [5, 5.41) is 12.6. The lowest BCUT2D eigenvalue weighted by Crippen LogP contribution is -2.11. The van der Waals surface area contributed by atoms with Gasteiger partial charge in [0.15, 0.2) is 5.69 Å². The quantitative estimate of drug-likeness (QED) is 0.907. The maximum atomic E-state index is 12.6. The van der Waals surface area contributed by atoms with E-state index >= 15 is 0 Å². The van der Waals surface area contributed by atoms with E-state index < -0.39 is 29.5 Å². The lowest BCUT2D eigenvalue weighted by atomic mass is 10.3. The molecule has 0 atom stereocenters. The van der Waals surface area contributed by atoms with E-state index in [-0.39, 0.29) is 5.56 Å². The molecule has 0 saturated carbocycles. The van der Waals surface area contributed by atoms with E-state index in [1.165, 1.54) is 10.9 Å². The first-order valence-electron chi connectivity index (χ1n) is 5.02. The van der Waals surface area contributed by atoms with Crippen molar-refractivity contribution in [2.45, 2.75) is 13.1 Å². The third-order valence-electron chi connectivity index (χ3n) is 2.33. The molecule has 102 valence electrons. The largest absolute Gasteiger partial charge is 0.475 e. The maximum Gasteiger partial charge on any atom is 0.437 e. The molecule has 0 bridgehead atoms. The summed E-state index contributed by atoms with van der Waals surface area (Å²) >= 11 is 0. The van der Waals surface area contributed by atoms with Gasteiger partial charge in [0.25, 0.3) is 0 Å². The van der Waals surface area contributed by atoms with Gasteiger partial charge in [0, 0.05) is 13.2 Å². The molecule has 0 unspecified atom stereocenters. The highest BCUT2D eigenvalue weighted by Crippen LogP contribution is 2.34. The number of alkyl halides is 3. The van der Waals surface area contributed by atoms with Gasteiger partial charge in [-0.25, -0.2) is 9.78 Å². The second-order valence-corrected chi connectivity index (χ2v) is 3.80. The van der Waals surface area contributed by atoms with Crippen molar-refractivity contribution in [3.63, 3.8) is 0 Å². The van der Waals surface area contributed by atoms with Crippen molar-refractivity contribution in [2.24, 2.45) is 7.05 Å². The summed E-state index contributed by atoms with van der Waals surface area (Å²) in [4.78, 5) is 14.0. The predicted molar refractivity (Wildman–Crippen MR) is 55.4 cm³/mol. The average Bonchev–Trinajstić information content (AvgIpc) is 2.80. The van der Waals surface area contributed by atoms with Gasteiger partial charge >= 0.3 is 12.1 Å². The molecule has 0 radical (unpaired) electrons. The Hall–Kier alpha value is -2.32. The number of aromatic carboxylic acids is 1. The first kappa shape index (κ1) is 13.1. The molecule has 0 fully saturated rings. The minimum Gasteiger partial charge on any atom is -0.475 e. The van der Waals surface area contributed by atoms with Gasteiger partial charge in [0.2, 0.25) is 11.7 Å². The Morgan fingerprint density at radius 2 is 2.11 bits per heavy atom. The fraction of sp³-hybridized carbons (Fsp3) is 0.300. The molecular formula is C10H8F3N3O3. The fourth-order valence-corrected chi connectivity index (χ4v) is 1.58. The Morgan fingerprint density at radius 3 is 2.47 bits per heavy atom. The summed E-state index contributed by atoms with van der Waals surface area (Å²) in [6, 6.07) is 0. The highest BCUT2D eigenvalue weighted by atomic mass is 19.4. The lowest BCUT2D eigenvalue weighted by Gasteiger charge is -2.00. The molecule has 2 heterocycles. The van der Waals surface area contributed by atoms with E-state index in [4.69, 9.17) is 9.52 Å². The third kappa shape index (κ3) is 2.30. The normalized spacial score (nSPS) is 11.8. The van der Waals surface area contributed by atoms with Crippen molar-refractivity contribution in [1.82, 2.24) is 14.8 Å². The molecule has 6 nitrogen and oxygen atoms in total. The molecule has 0 aliphatic heterocycles. The van der Waals surface area contributed by atoms with Crippen LogP contribution in [-0.4, -0.2) is 25.8 Å². The van der Waals surface area contributed by atoms with Crippen LogP contribution in [0.5, 0.6) is 0 Å². The third-order valence-corrected chi connectivity index (χ3v) is 2.33. The van der Waals surface area contributed by atoms with Crippen molar-refractivity contribution >= 4 is 5.97 Å². The number of aryl methyl sites for hydroxylation is 2. The molecule has 0 aromatic carbocycles. The fourth-order valence-electron chi connectivity index (χ4n) is 1.58. The van der Waals surface area contributed by atoms with Crippen LogP contribution in [0.3, 0.4) is 0 Å². The maximum absolute atomic E-state index is 12.6. The monoisotopic (exact) mass is 275 g/mol. The van der Waals surface area contributed by atoms with Crippen LogP contribution in [0.15, 0.2) is 10.6 Å². The SMILES string of the molecule is Cc1nn(C)cc1-c1nc(C(F)(F)F)c(C(=O)O)o1. The van der Waals surface area contributed by atoms with Crippen molar-refractivity contribution in [2.75, 3.05) is 0 Å². The van der Waals surface area contributed by atoms with E-state index in [2.05, 4.69) is 10.1 Å². The number of hydrogen-bond acceptors (Lipinski definition) is 4. The molecule has 0 aliphatic rings. The number of carboxylic acids is 1. The number of oxazole rings is 1. The second kappa shape index (κ2) is 4.11. The van der Waals surface area contributed by atoms with Gasteiger partial charge in [-0.2, -0.15) is 18.3 Å². The van der Waals surface area contributed by atoms with Crippen LogP contribution in [-0.2, 0) is 13.2 Å². The first-order chi connectivity index (χ1) is 8.70. The minimum atomic E-state index is -4.90. The van der Waals surface area contributed by atoms with Gasteiger partial charge in [0.05, 0.1) is 11.3 Å². The Labute approximate surface area is 104 Å². The zero-order valence-corrected chi connectivity index (χ0v) is 9.82. The van der Waals surface area contributed by atoms with Crippen LogP contribution < -0.4 is 0 Å². The van der Waals surface area contributed by atoms with Crippen LogP contribution in [0.25, 0.3) is 11.5 Å². The van der Waals surface area contributed by atoms with E-state index in [1.54, 1.807) is 14.0 Å². The van der Waals surface area contributed by atoms with E-state index in [1.807, 2.05) is 0 Å². The average molecular weight is 275 g/mol. The molecule has 19 heavy (non-hydrogen) atoms. The Morgan fingerprint density at radius 1 is 1.47 bits per heavy atom. The van der Waals surface area contributed by atoms with Crippen molar-refractivity contribution in [1.29, 1.82) is 0 Å². The summed E-state index contributed by atoms with van der Waals surface area (Å²) in [7, 11) is 1.57. The Kier molecular flexibility index (Phi) is 2.84. The van der Waals surface area contributed by atoms with Crippen LogP contribution in [0.4, 0.5) is 13.2 Å². The second-order valence-electron chi connectivity index (χ2n) is 3.80. The summed E-state index contributed by atoms with van der Waals surface area (Å²) in [5.74, 6) is -3.48. The number of rotatable bonds is 2. The lowest BCUT2D eigenvalue weighted by molar-refractivity contribution is -0.141. The van der Waals surface area contributed by atoms with Crippen LogP contribution in [0.2, 0.25) is 0 Å². The molecule has 0 amide bonds. The molecule has 2 aromatic rings. The minimum absolute atomic E-state index is 0.209. The molecular weight excluding hydrogens is 267 g/mol. The topological polar surface area (TPSA) is 81.2 Å². The van der Waals surface area contributed by atoms with E-state index in [9.17, 15) is 18.0 Å². The van der Waals surface area contributed by atoms with E-state index in [0.717, 1.165) is 0 Å². The standard InChI is InChI=1S/C10H8F3N3O3/c1-4-5(3-16(2)15-4)8-14-7(10(11,12)13)6(19-8)9(17)18/h3H,1-2H3,(H,17,18). The number of aromatic nitrogens is 3. The van der Waals surface area contributed by atoms with Crippen molar-refractivity contribution in [3.05, 3.63) is 23.3 Å². The number of halogens is 3. The van der Waals surface area contributed by atoms with Crippen molar-refractivity contribution < 1.29 is 27.5 Å². The number of hydrogen-bond donors (Lipinski definition) is 1. The number of nitrogens with zero attached hydrogens (tertiary/aromatic N) is 3. The van der Waals surface area contributed by atoms with Gasteiger partial charge in [-0.1, -0.05) is 0 Å². The highest BCUT2D eigenvalue weighted by Gasteiger charge is 2.41. The molecule has 2 aromatic heterocycles. The van der Waals surface area contributed by atoms with Crippen LogP contribution >= 0.6 is 0 Å². The Bertz CT molecular complexity index is 642. The number of carbonyl (C=O) groups is 1. The summed E-state index contributed by atoms with van der Waals surface area (Å²) in [6.07, 6.45) is -3.50. The van der Waals surface area contributed by atoms with E-state index in [0.29, 0.717) is 5.69 Å². The number of carboxylic acid groups (broad SMARTS) is 1. The summed E-state index contributed by atoms with van der Waals surface area (Å²) in [6.45, 7) is 1.55.